The van der Waals surface area contributed by atoms with E-state index in [2.05, 4.69) is 21.2 Å². The van der Waals surface area contributed by atoms with Crippen molar-refractivity contribution < 1.29 is 13.6 Å². The van der Waals surface area contributed by atoms with Crippen LogP contribution in [0, 0.1) is 11.7 Å². The zero-order chi connectivity index (χ0) is 15.7. The van der Waals surface area contributed by atoms with Gasteiger partial charge in [0.05, 0.1) is 9.99 Å². The average Bonchev–Trinajstić information content (AvgIpc) is 2.66. The molecular formula is C14H16BrFN2O3. The zero-order valence-corrected chi connectivity index (χ0v) is 13.5. The maximum absolute atomic E-state index is 13.6. The van der Waals surface area contributed by atoms with E-state index in [0.717, 1.165) is 4.57 Å². The number of halogens is 2. The molecule has 0 bridgehead atoms. The monoisotopic (exact) mass is 358 g/mol. The van der Waals surface area contributed by atoms with Gasteiger partial charge in [0.2, 0.25) is 5.91 Å². The van der Waals surface area contributed by atoms with Gasteiger partial charge >= 0.3 is 5.76 Å². The normalized spacial score (nSPS) is 12.9. The summed E-state index contributed by atoms with van der Waals surface area (Å²) < 4.78 is 19.9. The van der Waals surface area contributed by atoms with Crippen LogP contribution in [0.25, 0.3) is 11.1 Å². The van der Waals surface area contributed by atoms with Crippen LogP contribution in [0.15, 0.2) is 25.8 Å². The molecule has 1 aromatic carbocycles. The number of rotatable bonds is 4. The van der Waals surface area contributed by atoms with Crippen LogP contribution in [-0.2, 0) is 11.3 Å². The predicted octanol–water partition coefficient (Wildman–Crippen LogP) is 2.66. The van der Waals surface area contributed by atoms with Gasteiger partial charge in [0.25, 0.3) is 0 Å². The lowest BCUT2D eigenvalue weighted by molar-refractivity contribution is -0.122. The van der Waals surface area contributed by atoms with E-state index in [0.29, 0.717) is 0 Å². The van der Waals surface area contributed by atoms with E-state index in [4.69, 9.17) is 4.42 Å². The molecule has 2 aromatic rings. The van der Waals surface area contributed by atoms with E-state index in [9.17, 15) is 14.0 Å². The Morgan fingerprint density at radius 2 is 2.10 bits per heavy atom. The molecule has 0 radical (unpaired) electrons. The third-order valence-electron chi connectivity index (χ3n) is 3.40. The van der Waals surface area contributed by atoms with Crippen molar-refractivity contribution in [3.63, 3.8) is 0 Å². The third kappa shape index (κ3) is 3.34. The molecule has 21 heavy (non-hydrogen) atoms. The largest absolute Gasteiger partial charge is 0.420 e. The molecule has 0 aliphatic rings. The number of oxazole rings is 1. The first kappa shape index (κ1) is 15.8. The molecule has 1 aromatic heterocycles. The van der Waals surface area contributed by atoms with E-state index < -0.39 is 11.6 Å². The highest BCUT2D eigenvalue weighted by molar-refractivity contribution is 9.10. The molecule has 1 amide bonds. The van der Waals surface area contributed by atoms with Crippen LogP contribution in [0.2, 0.25) is 0 Å². The van der Waals surface area contributed by atoms with Crippen LogP contribution >= 0.6 is 15.9 Å². The van der Waals surface area contributed by atoms with E-state index in [1.54, 1.807) is 0 Å². The molecule has 1 atom stereocenters. The Balaban J connectivity index is 2.30. The van der Waals surface area contributed by atoms with Crippen molar-refractivity contribution in [2.45, 2.75) is 33.4 Å². The van der Waals surface area contributed by atoms with Crippen LogP contribution in [0.1, 0.15) is 20.8 Å². The lowest BCUT2D eigenvalue weighted by Crippen LogP contribution is -2.39. The molecular weight excluding hydrogens is 343 g/mol. The number of hydrogen-bond donors (Lipinski definition) is 1. The summed E-state index contributed by atoms with van der Waals surface area (Å²) in [5, 5.41) is 2.79. The lowest BCUT2D eigenvalue weighted by atomic mass is 10.1. The molecule has 5 nitrogen and oxygen atoms in total. The van der Waals surface area contributed by atoms with Gasteiger partial charge in [-0.2, -0.15) is 0 Å². The van der Waals surface area contributed by atoms with E-state index >= 15 is 0 Å². The topological polar surface area (TPSA) is 64.2 Å². The van der Waals surface area contributed by atoms with Gasteiger partial charge in [-0.15, -0.1) is 0 Å². The molecule has 0 aliphatic heterocycles. The highest BCUT2D eigenvalue weighted by Gasteiger charge is 2.17. The third-order valence-corrected chi connectivity index (χ3v) is 4.01. The van der Waals surface area contributed by atoms with Crippen molar-refractivity contribution in [3.05, 3.63) is 33.0 Å². The van der Waals surface area contributed by atoms with E-state index in [1.807, 2.05) is 20.8 Å². The fourth-order valence-electron chi connectivity index (χ4n) is 1.82. The fourth-order valence-corrected chi connectivity index (χ4v) is 2.14. The number of carbonyl (C=O) groups excluding carboxylic acids is 1. The average molecular weight is 359 g/mol. The summed E-state index contributed by atoms with van der Waals surface area (Å²) >= 11 is 3.02. The Hall–Kier alpha value is -1.63. The minimum absolute atomic E-state index is 0.0164. The molecule has 7 heteroatoms. The van der Waals surface area contributed by atoms with Gasteiger partial charge in [-0.05, 0) is 28.8 Å². The Kier molecular flexibility index (Phi) is 4.51. The fraction of sp³-hybridized carbons (Fsp3) is 0.429. The molecule has 1 unspecified atom stereocenters. The van der Waals surface area contributed by atoms with Crippen molar-refractivity contribution >= 4 is 32.9 Å². The number of nitrogens with one attached hydrogen (secondary N) is 1. The van der Waals surface area contributed by atoms with Crippen molar-refractivity contribution in [1.29, 1.82) is 0 Å². The number of carbonyl (C=O) groups is 1. The Morgan fingerprint density at radius 3 is 2.71 bits per heavy atom. The summed E-state index contributed by atoms with van der Waals surface area (Å²) in [4.78, 5) is 23.8. The first-order valence-electron chi connectivity index (χ1n) is 6.57. The molecule has 1 N–H and O–H groups in total. The van der Waals surface area contributed by atoms with Gasteiger partial charge < -0.3 is 9.73 Å². The molecule has 1 heterocycles. The molecule has 2 rings (SSSR count). The van der Waals surface area contributed by atoms with Crippen LogP contribution in [-0.4, -0.2) is 16.5 Å². The van der Waals surface area contributed by atoms with Crippen molar-refractivity contribution in [2.75, 3.05) is 0 Å². The molecule has 0 aliphatic carbocycles. The maximum atomic E-state index is 13.6. The zero-order valence-electron chi connectivity index (χ0n) is 11.9. The summed E-state index contributed by atoms with van der Waals surface area (Å²) in [6.45, 7) is 5.65. The molecule has 114 valence electrons. The maximum Gasteiger partial charge on any atom is 0.420 e. The molecule has 0 fully saturated rings. The first-order chi connectivity index (χ1) is 9.79. The minimum Gasteiger partial charge on any atom is -0.408 e. The highest BCUT2D eigenvalue weighted by atomic mass is 79.9. The van der Waals surface area contributed by atoms with Crippen LogP contribution < -0.4 is 11.1 Å². The lowest BCUT2D eigenvalue weighted by Gasteiger charge is -2.17. The number of hydrogen-bond acceptors (Lipinski definition) is 3. The van der Waals surface area contributed by atoms with Gasteiger partial charge in [0.1, 0.15) is 12.4 Å². The van der Waals surface area contributed by atoms with E-state index in [-0.39, 0.29) is 40.0 Å². The quantitative estimate of drug-likeness (QED) is 0.913. The summed E-state index contributed by atoms with van der Waals surface area (Å²) in [6.07, 6.45) is 0. The number of amides is 1. The first-order valence-corrected chi connectivity index (χ1v) is 7.36. The summed E-state index contributed by atoms with van der Waals surface area (Å²) in [6, 6.07) is 2.53. The number of fused-ring (bicyclic) bond motifs is 1. The summed E-state index contributed by atoms with van der Waals surface area (Å²) in [5.74, 6) is -1.24. The summed E-state index contributed by atoms with van der Waals surface area (Å²) in [7, 11) is 0. The Morgan fingerprint density at radius 1 is 1.43 bits per heavy atom. The second-order valence-corrected chi connectivity index (χ2v) is 6.14. The van der Waals surface area contributed by atoms with Gasteiger partial charge in [0.15, 0.2) is 5.58 Å². The molecule has 0 saturated carbocycles. The van der Waals surface area contributed by atoms with Gasteiger partial charge in [-0.1, -0.05) is 13.8 Å². The predicted molar refractivity (Wildman–Crippen MR) is 80.6 cm³/mol. The summed E-state index contributed by atoms with van der Waals surface area (Å²) in [5.41, 5.74) is 0.492. The van der Waals surface area contributed by atoms with Gasteiger partial charge in [0, 0.05) is 18.2 Å². The second kappa shape index (κ2) is 6.01. The van der Waals surface area contributed by atoms with Crippen LogP contribution in [0.5, 0.6) is 0 Å². The van der Waals surface area contributed by atoms with Crippen molar-refractivity contribution in [1.82, 2.24) is 9.88 Å². The van der Waals surface area contributed by atoms with Crippen LogP contribution in [0.4, 0.5) is 4.39 Å². The SMILES string of the molecule is CC(C)C(C)NC(=O)Cn1c(=O)oc2cc(Br)c(F)cc21. The number of benzene rings is 1. The Bertz CT molecular complexity index is 736. The molecule has 0 saturated heterocycles. The van der Waals surface area contributed by atoms with E-state index in [1.165, 1.54) is 12.1 Å². The number of nitrogens with zero attached hydrogens (tertiary/aromatic N) is 1. The number of aromatic nitrogens is 1. The van der Waals surface area contributed by atoms with Crippen molar-refractivity contribution in [2.24, 2.45) is 5.92 Å². The Labute approximate surface area is 129 Å². The minimum atomic E-state index is -0.685. The van der Waals surface area contributed by atoms with Gasteiger partial charge in [-0.3, -0.25) is 9.36 Å². The van der Waals surface area contributed by atoms with Gasteiger partial charge in [-0.25, -0.2) is 9.18 Å². The highest BCUT2D eigenvalue weighted by Crippen LogP contribution is 2.22. The van der Waals surface area contributed by atoms with Crippen molar-refractivity contribution in [3.8, 4) is 0 Å². The van der Waals surface area contributed by atoms with Crippen LogP contribution in [0.3, 0.4) is 0 Å². The molecule has 0 spiro atoms. The second-order valence-electron chi connectivity index (χ2n) is 5.29. The smallest absolute Gasteiger partial charge is 0.408 e. The standard InChI is InChI=1S/C14H16BrFN2O3/c1-7(2)8(3)17-13(19)6-18-11-5-10(16)9(15)4-12(11)21-14(18)20/h4-5,7-8H,6H2,1-3H3,(H,17,19).